The fourth-order valence-electron chi connectivity index (χ4n) is 3.75. The topological polar surface area (TPSA) is 59.9 Å². The van der Waals surface area contributed by atoms with Crippen molar-refractivity contribution in [3.05, 3.63) is 83.4 Å². The van der Waals surface area contributed by atoms with Gasteiger partial charge in [0.25, 0.3) is 0 Å². The highest BCUT2D eigenvalue weighted by atomic mass is 32.2. The summed E-state index contributed by atoms with van der Waals surface area (Å²) in [5, 5.41) is 4.41. The maximum atomic E-state index is 12.5. The molecule has 1 N–H and O–H groups in total. The van der Waals surface area contributed by atoms with Gasteiger partial charge in [0.15, 0.2) is 11.5 Å². The molecule has 0 unspecified atom stereocenters. The molecule has 1 aliphatic carbocycles. The van der Waals surface area contributed by atoms with E-state index < -0.39 is 0 Å². The number of nitrogens with one attached hydrogen (secondary N) is 1. The van der Waals surface area contributed by atoms with Crippen molar-refractivity contribution in [1.29, 1.82) is 0 Å². The average molecular weight is 433 g/mol. The molecule has 0 saturated carbocycles. The fraction of sp³-hybridized carbons (Fsp3) is 0.200. The van der Waals surface area contributed by atoms with Crippen LogP contribution < -0.4 is 14.9 Å². The van der Waals surface area contributed by atoms with Crippen LogP contribution in [0.3, 0.4) is 0 Å². The SMILES string of the molecule is COc1ccc(C(C)=NNC(=O)CSC2c3ccccc3-c3ccccc32)cc1OC. The van der Waals surface area contributed by atoms with Gasteiger partial charge in [0.05, 0.1) is 30.9 Å². The van der Waals surface area contributed by atoms with E-state index in [9.17, 15) is 4.79 Å². The van der Waals surface area contributed by atoms with E-state index in [1.807, 2.05) is 25.1 Å². The molecule has 1 amide bonds. The normalized spacial score (nSPS) is 12.8. The van der Waals surface area contributed by atoms with Crippen molar-refractivity contribution in [3.8, 4) is 22.6 Å². The molecule has 31 heavy (non-hydrogen) atoms. The average Bonchev–Trinajstić information content (AvgIpc) is 3.14. The monoisotopic (exact) mass is 432 g/mol. The third kappa shape index (κ3) is 4.30. The Hall–Kier alpha value is -3.25. The maximum Gasteiger partial charge on any atom is 0.250 e. The molecule has 0 saturated heterocycles. The van der Waals surface area contributed by atoms with Crippen LogP contribution >= 0.6 is 11.8 Å². The molecule has 158 valence electrons. The molecule has 0 spiro atoms. The number of amides is 1. The van der Waals surface area contributed by atoms with Crippen molar-refractivity contribution in [2.24, 2.45) is 5.10 Å². The zero-order valence-electron chi connectivity index (χ0n) is 17.7. The van der Waals surface area contributed by atoms with Gasteiger partial charge < -0.3 is 9.47 Å². The lowest BCUT2D eigenvalue weighted by atomic mass is 10.1. The Labute approximate surface area is 186 Å². The van der Waals surface area contributed by atoms with Crippen LogP contribution in [0.1, 0.15) is 28.9 Å². The van der Waals surface area contributed by atoms with Crippen molar-refractivity contribution < 1.29 is 14.3 Å². The first kappa shape index (κ1) is 21.0. The van der Waals surface area contributed by atoms with Gasteiger partial charge in [0.1, 0.15) is 0 Å². The van der Waals surface area contributed by atoms with E-state index in [0.717, 1.165) is 5.56 Å². The second-order valence-electron chi connectivity index (χ2n) is 7.17. The van der Waals surface area contributed by atoms with Crippen LogP contribution in [0.5, 0.6) is 11.5 Å². The zero-order valence-corrected chi connectivity index (χ0v) is 18.5. The molecular weight excluding hydrogens is 408 g/mol. The number of thioether (sulfide) groups is 1. The minimum atomic E-state index is -0.133. The van der Waals surface area contributed by atoms with Gasteiger partial charge in [-0.25, -0.2) is 5.43 Å². The quantitative estimate of drug-likeness (QED) is 0.419. The molecule has 0 aliphatic heterocycles. The Kier molecular flexibility index (Phi) is 6.28. The number of benzene rings is 3. The Morgan fingerprint density at radius 2 is 1.55 bits per heavy atom. The van der Waals surface area contributed by atoms with Gasteiger partial charge in [-0.2, -0.15) is 5.10 Å². The van der Waals surface area contributed by atoms with Crippen molar-refractivity contribution in [2.45, 2.75) is 12.2 Å². The van der Waals surface area contributed by atoms with Gasteiger partial charge in [0, 0.05) is 5.56 Å². The molecule has 0 fully saturated rings. The van der Waals surface area contributed by atoms with Crippen LogP contribution in [-0.4, -0.2) is 31.6 Å². The first-order chi connectivity index (χ1) is 15.1. The van der Waals surface area contributed by atoms with E-state index in [1.165, 1.54) is 22.3 Å². The number of hydrazone groups is 1. The van der Waals surface area contributed by atoms with Gasteiger partial charge in [-0.15, -0.1) is 11.8 Å². The summed E-state index contributed by atoms with van der Waals surface area (Å²) in [6, 6.07) is 22.3. The number of fused-ring (bicyclic) bond motifs is 3. The number of carbonyl (C=O) groups is 1. The van der Waals surface area contributed by atoms with E-state index in [0.29, 0.717) is 23.0 Å². The van der Waals surface area contributed by atoms with Crippen LogP contribution in [0.25, 0.3) is 11.1 Å². The zero-order chi connectivity index (χ0) is 21.8. The highest BCUT2D eigenvalue weighted by molar-refractivity contribution is 8.00. The number of nitrogens with zero attached hydrogens (tertiary/aromatic N) is 1. The molecule has 0 aromatic heterocycles. The minimum Gasteiger partial charge on any atom is -0.493 e. The molecule has 5 nitrogen and oxygen atoms in total. The highest BCUT2D eigenvalue weighted by Gasteiger charge is 2.28. The Morgan fingerprint density at radius 3 is 2.16 bits per heavy atom. The van der Waals surface area contributed by atoms with Crippen LogP contribution in [0.2, 0.25) is 0 Å². The molecule has 0 atom stereocenters. The van der Waals surface area contributed by atoms with Crippen molar-refractivity contribution >= 4 is 23.4 Å². The van der Waals surface area contributed by atoms with E-state index in [-0.39, 0.29) is 11.2 Å². The summed E-state index contributed by atoms with van der Waals surface area (Å²) in [5.41, 5.74) is 9.23. The van der Waals surface area contributed by atoms with Gasteiger partial charge in [-0.3, -0.25) is 4.79 Å². The first-order valence-corrected chi connectivity index (χ1v) is 11.0. The molecule has 0 heterocycles. The maximum absolute atomic E-state index is 12.5. The fourth-order valence-corrected chi connectivity index (χ4v) is 4.91. The molecular formula is C25H24N2O3S. The molecule has 1 aliphatic rings. The predicted octanol–water partition coefficient (Wildman–Crippen LogP) is 5.05. The number of rotatable bonds is 7. The summed E-state index contributed by atoms with van der Waals surface area (Å²) in [6.07, 6.45) is 0. The Balaban J connectivity index is 1.42. The van der Waals surface area contributed by atoms with Gasteiger partial charge in [-0.1, -0.05) is 48.5 Å². The van der Waals surface area contributed by atoms with E-state index in [1.54, 1.807) is 26.0 Å². The largest absolute Gasteiger partial charge is 0.493 e. The first-order valence-electron chi connectivity index (χ1n) is 9.97. The van der Waals surface area contributed by atoms with Crippen molar-refractivity contribution in [1.82, 2.24) is 5.43 Å². The molecule has 3 aromatic rings. The summed E-state index contributed by atoms with van der Waals surface area (Å²) in [6.45, 7) is 1.85. The van der Waals surface area contributed by atoms with Crippen molar-refractivity contribution in [2.75, 3.05) is 20.0 Å². The Bertz CT molecular complexity index is 1100. The summed E-state index contributed by atoms with van der Waals surface area (Å²) >= 11 is 1.62. The smallest absolute Gasteiger partial charge is 0.250 e. The van der Waals surface area contributed by atoms with Gasteiger partial charge in [0.2, 0.25) is 5.91 Å². The lowest BCUT2D eigenvalue weighted by Gasteiger charge is -2.13. The number of carbonyl (C=O) groups excluding carboxylic acids is 1. The molecule has 4 rings (SSSR count). The minimum absolute atomic E-state index is 0.133. The summed E-state index contributed by atoms with van der Waals surface area (Å²) in [4.78, 5) is 12.5. The van der Waals surface area contributed by atoms with Crippen molar-refractivity contribution in [3.63, 3.8) is 0 Å². The molecule has 0 radical (unpaired) electrons. The summed E-state index contributed by atoms with van der Waals surface area (Å²) < 4.78 is 10.6. The number of methoxy groups -OCH3 is 2. The number of ether oxygens (including phenoxy) is 2. The van der Waals surface area contributed by atoms with Gasteiger partial charge in [-0.05, 0) is 47.4 Å². The van der Waals surface area contributed by atoms with Crippen LogP contribution in [-0.2, 0) is 4.79 Å². The van der Waals surface area contributed by atoms with Crippen LogP contribution in [0, 0.1) is 0 Å². The molecule has 0 bridgehead atoms. The third-order valence-electron chi connectivity index (χ3n) is 5.31. The third-order valence-corrected chi connectivity index (χ3v) is 6.58. The molecule has 3 aromatic carbocycles. The van der Waals surface area contributed by atoms with Crippen LogP contribution in [0.4, 0.5) is 0 Å². The molecule has 6 heteroatoms. The lowest BCUT2D eigenvalue weighted by molar-refractivity contribution is -0.118. The summed E-state index contributed by atoms with van der Waals surface area (Å²) in [5.74, 6) is 1.45. The second kappa shape index (κ2) is 9.27. The lowest BCUT2D eigenvalue weighted by Crippen LogP contribution is -2.21. The standard InChI is InChI=1S/C25H24N2O3S/c1-16(17-12-13-22(29-2)23(14-17)30-3)26-27-24(28)15-31-25-20-10-6-4-8-18(20)19-9-5-7-11-21(19)25/h4-14,25H,15H2,1-3H3,(H,27,28). The van der Waals surface area contributed by atoms with E-state index >= 15 is 0 Å². The number of hydrogen-bond donors (Lipinski definition) is 1. The summed E-state index contributed by atoms with van der Waals surface area (Å²) in [7, 11) is 3.18. The van der Waals surface area contributed by atoms with E-state index in [4.69, 9.17) is 9.47 Å². The second-order valence-corrected chi connectivity index (χ2v) is 8.26. The Morgan fingerprint density at radius 1 is 0.935 bits per heavy atom. The highest BCUT2D eigenvalue weighted by Crippen LogP contribution is 2.49. The number of hydrogen-bond acceptors (Lipinski definition) is 5. The van der Waals surface area contributed by atoms with E-state index in [2.05, 4.69) is 59.1 Å². The van der Waals surface area contributed by atoms with Gasteiger partial charge >= 0.3 is 0 Å². The van der Waals surface area contributed by atoms with Crippen LogP contribution in [0.15, 0.2) is 71.8 Å². The predicted molar refractivity (Wildman–Crippen MR) is 126 cm³/mol.